The van der Waals surface area contributed by atoms with Crippen LogP contribution in [-0.2, 0) is 0 Å². The van der Waals surface area contributed by atoms with E-state index in [4.69, 9.17) is 0 Å². The Hall–Kier alpha value is -0.0800. The topological polar surface area (TPSA) is 15.3 Å². The Labute approximate surface area is 101 Å². The first-order chi connectivity index (χ1) is 7.83. The molecule has 2 rings (SSSR count). The highest BCUT2D eigenvalue weighted by molar-refractivity contribution is 4.85. The lowest BCUT2D eigenvalue weighted by atomic mass is 10.1. The predicted octanol–water partition coefficient (Wildman–Crippen LogP) is 2.64. The van der Waals surface area contributed by atoms with Crippen LogP contribution in [0.15, 0.2) is 0 Å². The summed E-state index contributed by atoms with van der Waals surface area (Å²) in [6, 6.07) is 1.60. The maximum Gasteiger partial charge on any atom is 0.0195 e. The van der Waals surface area contributed by atoms with Crippen LogP contribution in [-0.4, -0.2) is 36.6 Å². The van der Waals surface area contributed by atoms with E-state index in [0.717, 1.165) is 18.0 Å². The molecule has 94 valence electrons. The Balaban J connectivity index is 1.83. The van der Waals surface area contributed by atoms with E-state index < -0.39 is 0 Å². The molecule has 0 aromatic rings. The molecule has 2 nitrogen and oxygen atoms in total. The molecule has 0 spiro atoms. The molecule has 1 aliphatic heterocycles. The van der Waals surface area contributed by atoms with Gasteiger partial charge < -0.3 is 5.32 Å². The molecular formula is C14H28N2. The SMILES string of the molecule is CCC(CC)N(CC1CC1)CC1CCCN1. The molecule has 0 bridgehead atoms. The fraction of sp³-hybridized carbons (Fsp3) is 1.00. The molecule has 1 saturated carbocycles. The van der Waals surface area contributed by atoms with Gasteiger partial charge in [0.15, 0.2) is 0 Å². The molecule has 1 N–H and O–H groups in total. The summed E-state index contributed by atoms with van der Waals surface area (Å²) in [6.07, 6.45) is 8.36. The van der Waals surface area contributed by atoms with Gasteiger partial charge in [-0.1, -0.05) is 13.8 Å². The zero-order valence-electron chi connectivity index (χ0n) is 11.0. The minimum Gasteiger partial charge on any atom is -0.313 e. The van der Waals surface area contributed by atoms with Crippen molar-refractivity contribution in [2.45, 2.75) is 64.5 Å². The van der Waals surface area contributed by atoms with Crippen molar-refractivity contribution >= 4 is 0 Å². The van der Waals surface area contributed by atoms with E-state index >= 15 is 0 Å². The number of rotatable bonds is 7. The zero-order valence-corrected chi connectivity index (χ0v) is 11.0. The Bertz CT molecular complexity index is 191. The lowest BCUT2D eigenvalue weighted by molar-refractivity contribution is 0.163. The zero-order chi connectivity index (χ0) is 11.4. The largest absolute Gasteiger partial charge is 0.313 e. The summed E-state index contributed by atoms with van der Waals surface area (Å²) < 4.78 is 0. The molecule has 0 aromatic heterocycles. The second-order valence-corrected chi connectivity index (χ2v) is 5.66. The average molecular weight is 224 g/mol. The third-order valence-electron chi connectivity index (χ3n) is 4.27. The Kier molecular flexibility index (Phi) is 4.66. The van der Waals surface area contributed by atoms with Crippen molar-refractivity contribution in [2.75, 3.05) is 19.6 Å². The highest BCUT2D eigenvalue weighted by Crippen LogP contribution is 2.31. The summed E-state index contributed by atoms with van der Waals surface area (Å²) in [5.41, 5.74) is 0. The number of nitrogens with zero attached hydrogens (tertiary/aromatic N) is 1. The maximum absolute atomic E-state index is 3.64. The van der Waals surface area contributed by atoms with Crippen molar-refractivity contribution in [3.63, 3.8) is 0 Å². The van der Waals surface area contributed by atoms with Gasteiger partial charge in [0.2, 0.25) is 0 Å². The van der Waals surface area contributed by atoms with E-state index in [1.807, 2.05) is 0 Å². The first-order valence-electron chi connectivity index (χ1n) is 7.30. The fourth-order valence-electron chi connectivity index (χ4n) is 3.01. The van der Waals surface area contributed by atoms with Crippen LogP contribution in [0, 0.1) is 5.92 Å². The molecule has 1 heterocycles. The van der Waals surface area contributed by atoms with Crippen molar-refractivity contribution in [2.24, 2.45) is 5.92 Å². The molecule has 2 heteroatoms. The van der Waals surface area contributed by atoms with Crippen LogP contribution in [0.2, 0.25) is 0 Å². The minimum atomic E-state index is 0.777. The monoisotopic (exact) mass is 224 g/mol. The van der Waals surface area contributed by atoms with Crippen LogP contribution >= 0.6 is 0 Å². The Morgan fingerprint density at radius 2 is 1.88 bits per heavy atom. The van der Waals surface area contributed by atoms with Gasteiger partial charge in [0, 0.05) is 25.2 Å². The minimum absolute atomic E-state index is 0.777. The smallest absolute Gasteiger partial charge is 0.0195 e. The lowest BCUT2D eigenvalue weighted by Crippen LogP contribution is -2.44. The molecule has 0 amide bonds. The van der Waals surface area contributed by atoms with Crippen LogP contribution in [0.3, 0.4) is 0 Å². The van der Waals surface area contributed by atoms with Crippen molar-refractivity contribution < 1.29 is 0 Å². The summed E-state index contributed by atoms with van der Waals surface area (Å²) >= 11 is 0. The summed E-state index contributed by atoms with van der Waals surface area (Å²) in [4.78, 5) is 2.78. The van der Waals surface area contributed by atoms with Crippen LogP contribution in [0.4, 0.5) is 0 Å². The van der Waals surface area contributed by atoms with E-state index in [1.165, 1.54) is 58.2 Å². The van der Waals surface area contributed by atoms with E-state index in [0.29, 0.717) is 0 Å². The van der Waals surface area contributed by atoms with Crippen molar-refractivity contribution in [3.8, 4) is 0 Å². The van der Waals surface area contributed by atoms with Crippen LogP contribution in [0.5, 0.6) is 0 Å². The van der Waals surface area contributed by atoms with Crippen molar-refractivity contribution in [1.82, 2.24) is 10.2 Å². The van der Waals surface area contributed by atoms with Gasteiger partial charge in [0.1, 0.15) is 0 Å². The van der Waals surface area contributed by atoms with Gasteiger partial charge in [-0.2, -0.15) is 0 Å². The van der Waals surface area contributed by atoms with E-state index in [-0.39, 0.29) is 0 Å². The van der Waals surface area contributed by atoms with Crippen molar-refractivity contribution in [3.05, 3.63) is 0 Å². The predicted molar refractivity (Wildman–Crippen MR) is 69.7 cm³/mol. The van der Waals surface area contributed by atoms with E-state index in [2.05, 4.69) is 24.1 Å². The molecule has 1 aliphatic carbocycles. The maximum atomic E-state index is 3.64. The van der Waals surface area contributed by atoms with E-state index in [1.54, 1.807) is 0 Å². The second kappa shape index (κ2) is 6.02. The van der Waals surface area contributed by atoms with Gasteiger partial charge in [-0.3, -0.25) is 4.90 Å². The molecule has 1 unspecified atom stereocenters. The molecule has 16 heavy (non-hydrogen) atoms. The van der Waals surface area contributed by atoms with Gasteiger partial charge in [0.05, 0.1) is 0 Å². The second-order valence-electron chi connectivity index (χ2n) is 5.66. The number of nitrogens with one attached hydrogen (secondary N) is 1. The highest BCUT2D eigenvalue weighted by Gasteiger charge is 2.28. The molecule has 0 radical (unpaired) electrons. The Morgan fingerprint density at radius 3 is 2.38 bits per heavy atom. The third kappa shape index (κ3) is 3.46. The first kappa shape index (κ1) is 12.4. The molecule has 2 aliphatic rings. The lowest BCUT2D eigenvalue weighted by Gasteiger charge is -2.32. The van der Waals surface area contributed by atoms with Crippen LogP contribution in [0.25, 0.3) is 0 Å². The summed E-state index contributed by atoms with van der Waals surface area (Å²) in [7, 11) is 0. The van der Waals surface area contributed by atoms with Gasteiger partial charge in [0.25, 0.3) is 0 Å². The molecule has 2 fully saturated rings. The quantitative estimate of drug-likeness (QED) is 0.715. The number of hydrogen-bond donors (Lipinski definition) is 1. The molecule has 0 aromatic carbocycles. The third-order valence-corrected chi connectivity index (χ3v) is 4.27. The first-order valence-corrected chi connectivity index (χ1v) is 7.30. The fourth-order valence-corrected chi connectivity index (χ4v) is 3.01. The average Bonchev–Trinajstić information content (AvgIpc) is 2.95. The van der Waals surface area contributed by atoms with E-state index in [9.17, 15) is 0 Å². The van der Waals surface area contributed by atoms with Crippen LogP contribution in [0.1, 0.15) is 52.4 Å². The van der Waals surface area contributed by atoms with Crippen LogP contribution < -0.4 is 5.32 Å². The molecule has 1 saturated heterocycles. The number of hydrogen-bond acceptors (Lipinski definition) is 2. The summed E-state index contributed by atoms with van der Waals surface area (Å²) in [5, 5.41) is 3.64. The summed E-state index contributed by atoms with van der Waals surface area (Å²) in [5.74, 6) is 1.03. The van der Waals surface area contributed by atoms with Crippen molar-refractivity contribution in [1.29, 1.82) is 0 Å². The summed E-state index contributed by atoms with van der Waals surface area (Å²) in [6.45, 7) is 8.59. The Morgan fingerprint density at radius 1 is 1.12 bits per heavy atom. The molecular weight excluding hydrogens is 196 g/mol. The standard InChI is InChI=1S/C14H28N2/c1-3-14(4-2)16(10-12-7-8-12)11-13-6-5-9-15-13/h12-15H,3-11H2,1-2H3. The van der Waals surface area contributed by atoms with Gasteiger partial charge in [-0.15, -0.1) is 0 Å². The van der Waals surface area contributed by atoms with Gasteiger partial charge >= 0.3 is 0 Å². The van der Waals surface area contributed by atoms with Gasteiger partial charge in [-0.25, -0.2) is 0 Å². The normalized spacial score (nSPS) is 25.9. The highest BCUT2D eigenvalue weighted by atomic mass is 15.2. The van der Waals surface area contributed by atoms with Gasteiger partial charge in [-0.05, 0) is 51.0 Å². The molecule has 1 atom stereocenters.